The Bertz CT molecular complexity index is 1140. The number of ether oxygens (including phenoxy) is 2. The van der Waals surface area contributed by atoms with Gasteiger partial charge in [-0.05, 0) is 43.7 Å². The van der Waals surface area contributed by atoms with Crippen LogP contribution in [0, 0.1) is 0 Å². The van der Waals surface area contributed by atoms with E-state index in [9.17, 15) is 22.8 Å². The summed E-state index contributed by atoms with van der Waals surface area (Å²) in [6.07, 6.45) is -5.92. The highest BCUT2D eigenvalue weighted by molar-refractivity contribution is 6.30. The molecule has 1 atom stereocenters. The molecule has 3 aromatic rings. The van der Waals surface area contributed by atoms with Crippen LogP contribution in [0.25, 0.3) is 22.1 Å². The molecule has 1 heterocycles. The van der Waals surface area contributed by atoms with Crippen molar-refractivity contribution >= 4 is 28.5 Å². The van der Waals surface area contributed by atoms with Crippen molar-refractivity contribution in [1.82, 2.24) is 0 Å². The summed E-state index contributed by atoms with van der Waals surface area (Å²) in [5.41, 5.74) is -1.76. The van der Waals surface area contributed by atoms with Gasteiger partial charge in [0, 0.05) is 11.1 Å². The lowest BCUT2D eigenvalue weighted by atomic mass is 10.0. The van der Waals surface area contributed by atoms with Gasteiger partial charge in [0.15, 0.2) is 6.10 Å². The van der Waals surface area contributed by atoms with E-state index in [0.29, 0.717) is 5.02 Å². The van der Waals surface area contributed by atoms with E-state index in [0.717, 1.165) is 6.07 Å². The Hall–Kier alpha value is -3.00. The second kappa shape index (κ2) is 8.39. The van der Waals surface area contributed by atoms with Crippen molar-refractivity contribution in [3.8, 4) is 16.9 Å². The molecule has 0 radical (unpaired) electrons. The molecule has 0 N–H and O–H groups in total. The summed E-state index contributed by atoms with van der Waals surface area (Å²) >= 11 is 5.79. The van der Waals surface area contributed by atoms with Crippen LogP contribution >= 0.6 is 11.6 Å². The van der Waals surface area contributed by atoms with Gasteiger partial charge in [0.05, 0.1) is 17.6 Å². The molecule has 0 aliphatic heterocycles. The average molecular weight is 441 g/mol. The molecule has 0 unspecified atom stereocenters. The molecule has 0 fully saturated rings. The molecule has 158 valence electrons. The van der Waals surface area contributed by atoms with Crippen LogP contribution in [0.3, 0.4) is 0 Å². The highest BCUT2D eigenvalue weighted by Gasteiger charge is 2.39. The lowest BCUT2D eigenvalue weighted by molar-refractivity contribution is -0.152. The predicted molar refractivity (Wildman–Crippen MR) is 105 cm³/mol. The van der Waals surface area contributed by atoms with Crippen LogP contribution in [0.2, 0.25) is 5.02 Å². The lowest BCUT2D eigenvalue weighted by Gasteiger charge is -2.15. The quantitative estimate of drug-likeness (QED) is 0.493. The van der Waals surface area contributed by atoms with E-state index < -0.39 is 35.0 Å². The van der Waals surface area contributed by atoms with Gasteiger partial charge >= 0.3 is 12.1 Å². The first-order valence-corrected chi connectivity index (χ1v) is 9.27. The molecule has 5 nitrogen and oxygen atoms in total. The van der Waals surface area contributed by atoms with Gasteiger partial charge < -0.3 is 13.9 Å². The third-order valence-electron chi connectivity index (χ3n) is 4.19. The Kier molecular flexibility index (Phi) is 6.07. The fourth-order valence-corrected chi connectivity index (χ4v) is 2.96. The number of carbonyl (C=O) groups is 1. The van der Waals surface area contributed by atoms with Gasteiger partial charge in [-0.1, -0.05) is 23.7 Å². The summed E-state index contributed by atoms with van der Waals surface area (Å²) in [7, 11) is 0. The number of rotatable bonds is 5. The lowest BCUT2D eigenvalue weighted by Crippen LogP contribution is -2.26. The Labute approximate surface area is 174 Å². The van der Waals surface area contributed by atoms with Gasteiger partial charge in [0.2, 0.25) is 11.2 Å². The number of esters is 1. The van der Waals surface area contributed by atoms with Crippen LogP contribution in [-0.2, 0) is 15.7 Å². The highest BCUT2D eigenvalue weighted by atomic mass is 35.5. The van der Waals surface area contributed by atoms with Crippen molar-refractivity contribution in [3.63, 3.8) is 0 Å². The molecule has 0 aliphatic rings. The van der Waals surface area contributed by atoms with E-state index in [1.807, 2.05) is 0 Å². The molecule has 0 aliphatic carbocycles. The van der Waals surface area contributed by atoms with Crippen LogP contribution < -0.4 is 10.2 Å². The Balaban J connectivity index is 2.14. The van der Waals surface area contributed by atoms with Crippen molar-refractivity contribution in [3.05, 3.63) is 63.5 Å². The first-order chi connectivity index (χ1) is 14.1. The molecular formula is C21H16ClF3O5. The number of halogens is 4. The average Bonchev–Trinajstić information content (AvgIpc) is 2.68. The van der Waals surface area contributed by atoms with Crippen molar-refractivity contribution in [2.45, 2.75) is 26.1 Å². The maximum atomic E-state index is 13.7. The van der Waals surface area contributed by atoms with Gasteiger partial charge in [0.1, 0.15) is 11.3 Å². The van der Waals surface area contributed by atoms with Gasteiger partial charge in [-0.15, -0.1) is 0 Å². The number of alkyl halides is 3. The molecule has 0 spiro atoms. The minimum atomic E-state index is -4.92. The van der Waals surface area contributed by atoms with Gasteiger partial charge in [-0.25, -0.2) is 4.79 Å². The summed E-state index contributed by atoms with van der Waals surface area (Å²) in [6.45, 7) is 3.22. The maximum Gasteiger partial charge on any atom is 0.450 e. The largest absolute Gasteiger partial charge is 0.479 e. The third-order valence-corrected chi connectivity index (χ3v) is 4.44. The summed E-state index contributed by atoms with van der Waals surface area (Å²) in [4.78, 5) is 24.6. The van der Waals surface area contributed by atoms with Crippen LogP contribution in [0.1, 0.15) is 19.6 Å². The maximum absolute atomic E-state index is 13.7. The molecular weight excluding hydrogens is 425 g/mol. The van der Waals surface area contributed by atoms with Crippen LogP contribution in [0.5, 0.6) is 5.75 Å². The fraction of sp³-hybridized carbons (Fsp3) is 0.238. The van der Waals surface area contributed by atoms with E-state index >= 15 is 0 Å². The Morgan fingerprint density at radius 1 is 1.17 bits per heavy atom. The normalized spacial score (nSPS) is 12.6. The van der Waals surface area contributed by atoms with Crippen molar-refractivity contribution in [1.29, 1.82) is 0 Å². The third kappa shape index (κ3) is 4.43. The van der Waals surface area contributed by atoms with Crippen LogP contribution in [-0.4, -0.2) is 18.7 Å². The molecule has 0 saturated carbocycles. The zero-order valence-corrected chi connectivity index (χ0v) is 16.6. The first kappa shape index (κ1) is 21.7. The smallest absolute Gasteiger partial charge is 0.450 e. The molecule has 3 rings (SSSR count). The standard InChI is InChI=1S/C21H16ClF3O5/c1-3-28-20(27)11(2)29-14-8-9-15-16(10-14)30-19(21(23,24)25)17(18(15)26)12-4-6-13(22)7-5-12/h4-11H,3H2,1-2H3/t11-/m0/s1. The molecule has 30 heavy (non-hydrogen) atoms. The SMILES string of the molecule is CCOC(=O)[C@H](C)Oc1ccc2c(=O)c(-c3ccc(Cl)cc3)c(C(F)(F)F)oc2c1. The van der Waals surface area contributed by atoms with E-state index in [1.54, 1.807) is 6.92 Å². The van der Waals surface area contributed by atoms with Crippen molar-refractivity contribution in [2.24, 2.45) is 0 Å². The molecule has 9 heteroatoms. The first-order valence-electron chi connectivity index (χ1n) is 8.89. The zero-order valence-electron chi connectivity index (χ0n) is 15.9. The van der Waals surface area contributed by atoms with Gasteiger partial charge in [-0.3, -0.25) is 4.79 Å². The Morgan fingerprint density at radius 2 is 1.83 bits per heavy atom. The minimum absolute atomic E-state index is 0.0265. The zero-order chi connectivity index (χ0) is 22.1. The monoisotopic (exact) mass is 440 g/mol. The number of carbonyl (C=O) groups excluding carboxylic acids is 1. The van der Waals surface area contributed by atoms with Gasteiger partial charge in [-0.2, -0.15) is 13.2 Å². The molecule has 1 aromatic heterocycles. The van der Waals surface area contributed by atoms with E-state index in [4.69, 9.17) is 25.5 Å². The number of fused-ring (bicyclic) bond motifs is 1. The Morgan fingerprint density at radius 3 is 2.43 bits per heavy atom. The second-order valence-electron chi connectivity index (χ2n) is 6.31. The summed E-state index contributed by atoms with van der Waals surface area (Å²) in [6, 6.07) is 9.18. The second-order valence-corrected chi connectivity index (χ2v) is 6.75. The number of hydrogen-bond donors (Lipinski definition) is 0. The molecule has 2 aromatic carbocycles. The van der Waals surface area contributed by atoms with Crippen LogP contribution in [0.15, 0.2) is 51.7 Å². The van der Waals surface area contributed by atoms with E-state index in [-0.39, 0.29) is 28.9 Å². The van der Waals surface area contributed by atoms with Crippen molar-refractivity contribution in [2.75, 3.05) is 6.61 Å². The minimum Gasteiger partial charge on any atom is -0.479 e. The van der Waals surface area contributed by atoms with Crippen LogP contribution in [0.4, 0.5) is 13.2 Å². The van der Waals surface area contributed by atoms with Crippen molar-refractivity contribution < 1.29 is 31.9 Å². The summed E-state index contributed by atoms with van der Waals surface area (Å²) in [5, 5.41) is 0.249. The number of benzene rings is 2. The van der Waals surface area contributed by atoms with Gasteiger partial charge in [0.25, 0.3) is 0 Å². The fourth-order valence-electron chi connectivity index (χ4n) is 2.84. The van der Waals surface area contributed by atoms with E-state index in [1.165, 1.54) is 43.3 Å². The predicted octanol–water partition coefficient (Wildman–Crippen LogP) is 5.46. The van der Waals surface area contributed by atoms with E-state index in [2.05, 4.69) is 0 Å². The number of hydrogen-bond acceptors (Lipinski definition) is 5. The molecule has 0 bridgehead atoms. The summed E-state index contributed by atoms with van der Waals surface area (Å²) < 4.78 is 56.3. The molecule has 0 amide bonds. The molecule has 0 saturated heterocycles. The topological polar surface area (TPSA) is 65.7 Å². The summed E-state index contributed by atoms with van der Waals surface area (Å²) in [5.74, 6) is -2.01. The highest BCUT2D eigenvalue weighted by Crippen LogP contribution is 2.38.